The highest BCUT2D eigenvalue weighted by Gasteiger charge is 2.14. The molecule has 114 valence electrons. The van der Waals surface area contributed by atoms with Gasteiger partial charge in [0.15, 0.2) is 0 Å². The Morgan fingerprint density at radius 2 is 1.73 bits per heavy atom. The van der Waals surface area contributed by atoms with Crippen LogP contribution >= 0.6 is 0 Å². The zero-order valence-electron chi connectivity index (χ0n) is 12.9. The Morgan fingerprint density at radius 1 is 1.05 bits per heavy atom. The predicted octanol–water partition coefficient (Wildman–Crippen LogP) is 3.25. The summed E-state index contributed by atoms with van der Waals surface area (Å²) in [6.45, 7) is 6.43. The van der Waals surface area contributed by atoms with Gasteiger partial charge in [-0.05, 0) is 25.5 Å². The minimum atomic E-state index is -0.353. The number of rotatable bonds is 4. The Labute approximate surface area is 129 Å². The largest absolute Gasteiger partial charge is 0.422 e. The fourth-order valence-electron chi connectivity index (χ4n) is 3.02. The lowest BCUT2D eigenvalue weighted by molar-refractivity contribution is 0.562. The van der Waals surface area contributed by atoms with Gasteiger partial charge >= 0.3 is 5.63 Å². The summed E-state index contributed by atoms with van der Waals surface area (Å²) in [4.78, 5) is 14.1. The van der Waals surface area contributed by atoms with Gasteiger partial charge in [-0.25, -0.2) is 4.79 Å². The zero-order chi connectivity index (χ0) is 15.7. The molecule has 0 bridgehead atoms. The molecule has 2 N–H and O–H groups in total. The summed E-state index contributed by atoms with van der Waals surface area (Å²) in [6.07, 6.45) is 0. The molecule has 0 amide bonds. The second-order valence-corrected chi connectivity index (χ2v) is 5.29. The van der Waals surface area contributed by atoms with Gasteiger partial charge in [0.1, 0.15) is 5.58 Å². The Kier molecular flexibility index (Phi) is 3.86. The van der Waals surface area contributed by atoms with Crippen LogP contribution in [0.5, 0.6) is 0 Å². The van der Waals surface area contributed by atoms with Gasteiger partial charge in [-0.15, -0.1) is 0 Å². The molecule has 0 saturated heterocycles. The van der Waals surface area contributed by atoms with Crippen molar-refractivity contribution < 1.29 is 4.42 Å². The van der Waals surface area contributed by atoms with Crippen LogP contribution in [-0.4, -0.2) is 13.1 Å². The first-order chi connectivity index (χ1) is 10.7. The van der Waals surface area contributed by atoms with Gasteiger partial charge in [-0.3, -0.25) is 0 Å². The molecule has 0 radical (unpaired) electrons. The van der Waals surface area contributed by atoms with Crippen molar-refractivity contribution in [2.45, 2.75) is 20.4 Å². The highest BCUT2D eigenvalue weighted by atomic mass is 16.4. The monoisotopic (exact) mass is 296 g/mol. The molecule has 0 unspecified atom stereocenters. The fourth-order valence-corrected chi connectivity index (χ4v) is 3.02. The maximum absolute atomic E-state index is 11.8. The van der Waals surface area contributed by atoms with Crippen LogP contribution < -0.4 is 16.3 Å². The van der Waals surface area contributed by atoms with Crippen molar-refractivity contribution in [2.75, 3.05) is 18.0 Å². The molecule has 1 heterocycles. The van der Waals surface area contributed by atoms with Gasteiger partial charge in [0, 0.05) is 47.5 Å². The van der Waals surface area contributed by atoms with Crippen LogP contribution in [0.2, 0.25) is 0 Å². The molecule has 4 nitrogen and oxygen atoms in total. The minimum absolute atomic E-state index is 0.318. The molecule has 0 atom stereocenters. The molecule has 0 fully saturated rings. The maximum atomic E-state index is 11.8. The van der Waals surface area contributed by atoms with Gasteiger partial charge in [-0.1, -0.05) is 24.3 Å². The summed E-state index contributed by atoms with van der Waals surface area (Å²) in [5.74, 6) is 0. The van der Waals surface area contributed by atoms with Crippen LogP contribution in [0.1, 0.15) is 19.4 Å². The Bertz CT molecular complexity index is 879. The lowest BCUT2D eigenvalue weighted by Gasteiger charge is -2.24. The third-order valence-corrected chi connectivity index (χ3v) is 4.14. The van der Waals surface area contributed by atoms with Gasteiger partial charge in [-0.2, -0.15) is 0 Å². The summed E-state index contributed by atoms with van der Waals surface area (Å²) in [5, 5.41) is 2.97. The molecular formula is C18H20N2O2. The van der Waals surface area contributed by atoms with E-state index in [-0.39, 0.29) is 5.63 Å². The molecule has 4 heteroatoms. The number of nitrogens with zero attached hydrogens (tertiary/aromatic N) is 1. The number of hydrogen-bond acceptors (Lipinski definition) is 4. The van der Waals surface area contributed by atoms with E-state index in [1.807, 2.05) is 18.2 Å². The SMILES string of the molecule is CCN(CC)c1cc2c(CN)cc(=O)oc2c2ccccc12. The van der Waals surface area contributed by atoms with Crippen molar-refractivity contribution in [1.29, 1.82) is 0 Å². The fraction of sp³-hybridized carbons (Fsp3) is 0.278. The maximum Gasteiger partial charge on any atom is 0.336 e. The van der Waals surface area contributed by atoms with Crippen molar-refractivity contribution in [3.8, 4) is 0 Å². The van der Waals surface area contributed by atoms with Gasteiger partial charge in [0.25, 0.3) is 0 Å². The van der Waals surface area contributed by atoms with E-state index in [0.29, 0.717) is 12.1 Å². The van der Waals surface area contributed by atoms with Crippen LogP contribution in [0.3, 0.4) is 0 Å². The third kappa shape index (κ3) is 2.25. The van der Waals surface area contributed by atoms with E-state index in [2.05, 4.69) is 30.9 Å². The van der Waals surface area contributed by atoms with Gasteiger partial charge in [0.2, 0.25) is 0 Å². The van der Waals surface area contributed by atoms with E-state index < -0.39 is 0 Å². The molecule has 3 aromatic rings. The highest BCUT2D eigenvalue weighted by molar-refractivity contribution is 6.11. The third-order valence-electron chi connectivity index (χ3n) is 4.14. The van der Waals surface area contributed by atoms with Crippen LogP contribution in [-0.2, 0) is 6.54 Å². The average Bonchev–Trinajstić information content (AvgIpc) is 2.55. The standard InChI is InChI=1S/C18H20N2O2/c1-3-20(4-2)16-10-15-12(11-19)9-17(21)22-18(15)14-8-6-5-7-13(14)16/h5-10H,3-4,11,19H2,1-2H3. The second-order valence-electron chi connectivity index (χ2n) is 5.29. The van der Waals surface area contributed by atoms with E-state index in [1.165, 1.54) is 6.07 Å². The van der Waals surface area contributed by atoms with E-state index >= 15 is 0 Å². The van der Waals surface area contributed by atoms with Crippen molar-refractivity contribution in [3.05, 3.63) is 52.4 Å². The van der Waals surface area contributed by atoms with E-state index in [1.54, 1.807) is 0 Å². The molecule has 1 aromatic heterocycles. The number of fused-ring (bicyclic) bond motifs is 3. The normalized spacial score (nSPS) is 11.2. The number of anilines is 1. The molecule has 0 spiro atoms. The second kappa shape index (κ2) is 5.81. The molecular weight excluding hydrogens is 276 g/mol. The van der Waals surface area contributed by atoms with Crippen molar-refractivity contribution >= 4 is 27.4 Å². The summed E-state index contributed by atoms with van der Waals surface area (Å²) in [5.41, 5.74) is 8.07. The predicted molar refractivity (Wildman–Crippen MR) is 91.4 cm³/mol. The first-order valence-electron chi connectivity index (χ1n) is 7.63. The quantitative estimate of drug-likeness (QED) is 0.593. The first-order valence-corrected chi connectivity index (χ1v) is 7.63. The molecule has 22 heavy (non-hydrogen) atoms. The first kappa shape index (κ1) is 14.6. The Hall–Kier alpha value is -2.33. The van der Waals surface area contributed by atoms with Crippen LogP contribution in [0.4, 0.5) is 5.69 Å². The van der Waals surface area contributed by atoms with Crippen LogP contribution in [0, 0.1) is 0 Å². The average molecular weight is 296 g/mol. The van der Waals surface area contributed by atoms with E-state index in [4.69, 9.17) is 10.2 Å². The summed E-state index contributed by atoms with van der Waals surface area (Å²) in [7, 11) is 0. The molecule has 0 aliphatic carbocycles. The van der Waals surface area contributed by atoms with Crippen LogP contribution in [0.15, 0.2) is 45.6 Å². The number of hydrogen-bond donors (Lipinski definition) is 1. The molecule has 0 aliphatic heterocycles. The Morgan fingerprint density at radius 3 is 2.36 bits per heavy atom. The van der Waals surface area contributed by atoms with Crippen molar-refractivity contribution in [2.24, 2.45) is 5.73 Å². The van der Waals surface area contributed by atoms with E-state index in [9.17, 15) is 4.79 Å². The summed E-state index contributed by atoms with van der Waals surface area (Å²) in [6, 6.07) is 11.6. The summed E-state index contributed by atoms with van der Waals surface area (Å²) < 4.78 is 5.49. The Balaban J connectivity index is 2.50. The van der Waals surface area contributed by atoms with Gasteiger partial charge < -0.3 is 15.1 Å². The number of benzene rings is 2. The molecule has 3 rings (SSSR count). The van der Waals surface area contributed by atoms with Crippen molar-refractivity contribution in [3.63, 3.8) is 0 Å². The lowest BCUT2D eigenvalue weighted by atomic mass is 10.0. The van der Waals surface area contributed by atoms with E-state index in [0.717, 1.165) is 40.5 Å². The highest BCUT2D eigenvalue weighted by Crippen LogP contribution is 2.34. The lowest BCUT2D eigenvalue weighted by Crippen LogP contribution is -2.22. The number of nitrogens with two attached hydrogens (primary N) is 1. The molecule has 0 aliphatic rings. The molecule has 2 aromatic carbocycles. The summed E-state index contributed by atoms with van der Waals surface area (Å²) >= 11 is 0. The minimum Gasteiger partial charge on any atom is -0.422 e. The van der Waals surface area contributed by atoms with Crippen molar-refractivity contribution in [1.82, 2.24) is 0 Å². The smallest absolute Gasteiger partial charge is 0.336 e. The van der Waals surface area contributed by atoms with Crippen LogP contribution in [0.25, 0.3) is 21.7 Å². The zero-order valence-corrected chi connectivity index (χ0v) is 12.9. The molecule has 0 saturated carbocycles. The van der Waals surface area contributed by atoms with Gasteiger partial charge in [0.05, 0.1) is 0 Å². The topological polar surface area (TPSA) is 59.5 Å².